The van der Waals surface area contributed by atoms with E-state index in [0.717, 1.165) is 22.3 Å². The lowest BCUT2D eigenvalue weighted by atomic mass is 9.88. The van der Waals surface area contributed by atoms with Gasteiger partial charge in [-0.3, -0.25) is 0 Å². The van der Waals surface area contributed by atoms with Gasteiger partial charge in [-0.2, -0.15) is 5.26 Å². The van der Waals surface area contributed by atoms with E-state index in [4.69, 9.17) is 10.5 Å². The molecule has 0 unspecified atom stereocenters. The van der Waals surface area contributed by atoms with Crippen molar-refractivity contribution in [1.29, 1.82) is 5.26 Å². The highest BCUT2D eigenvalue weighted by Crippen LogP contribution is 2.44. The van der Waals surface area contributed by atoms with Crippen LogP contribution in [0.5, 0.6) is 5.75 Å². The summed E-state index contributed by atoms with van der Waals surface area (Å²) in [6, 6.07) is 18.1. The second-order valence-electron chi connectivity index (χ2n) is 5.65. The van der Waals surface area contributed by atoms with Crippen LogP contribution in [0.2, 0.25) is 0 Å². The van der Waals surface area contributed by atoms with Crippen molar-refractivity contribution in [2.75, 3.05) is 5.73 Å². The maximum atomic E-state index is 13.7. The summed E-state index contributed by atoms with van der Waals surface area (Å²) in [5, 5.41) is 9.57. The van der Waals surface area contributed by atoms with Gasteiger partial charge < -0.3 is 10.5 Å². The Balaban J connectivity index is 2.04. The first-order chi connectivity index (χ1) is 11.7. The Labute approximate surface area is 138 Å². The van der Waals surface area contributed by atoms with Gasteiger partial charge in [0.25, 0.3) is 0 Å². The Hall–Kier alpha value is -3.32. The Kier molecular flexibility index (Phi) is 3.21. The fourth-order valence-corrected chi connectivity index (χ4v) is 3.09. The van der Waals surface area contributed by atoms with Crippen molar-refractivity contribution in [2.45, 2.75) is 6.61 Å². The van der Waals surface area contributed by atoms with E-state index in [1.54, 1.807) is 6.07 Å². The summed E-state index contributed by atoms with van der Waals surface area (Å²) in [7, 11) is 0. The molecule has 0 aliphatic carbocycles. The second-order valence-corrected chi connectivity index (χ2v) is 5.65. The standard InChI is InChI=1S/C20H13FN2O/c21-13-6-7-19-16(8-13)15-9-14(12-4-2-1-3-5-12)17(10-22)20(23)18(15)11-24-19/h1-9H,11,23H2. The third kappa shape index (κ3) is 2.10. The van der Waals surface area contributed by atoms with Gasteiger partial charge in [-0.1, -0.05) is 30.3 Å². The molecule has 1 aliphatic rings. The SMILES string of the molecule is N#Cc1c(-c2ccccc2)cc2c(c1N)COc1ccc(F)cc1-2. The lowest BCUT2D eigenvalue weighted by molar-refractivity contribution is 0.302. The monoisotopic (exact) mass is 316 g/mol. The van der Waals surface area contributed by atoms with Crippen LogP contribution >= 0.6 is 0 Å². The number of anilines is 1. The molecule has 0 amide bonds. The van der Waals surface area contributed by atoms with Gasteiger partial charge in [0.1, 0.15) is 24.2 Å². The summed E-state index contributed by atoms with van der Waals surface area (Å²) < 4.78 is 19.4. The van der Waals surface area contributed by atoms with Gasteiger partial charge in [0, 0.05) is 16.7 Å². The van der Waals surface area contributed by atoms with Crippen LogP contribution in [0.25, 0.3) is 22.3 Å². The Morgan fingerprint density at radius 3 is 2.54 bits per heavy atom. The number of nitrogen functional groups attached to an aromatic ring is 1. The fraction of sp³-hybridized carbons (Fsp3) is 0.0500. The Morgan fingerprint density at radius 1 is 1.00 bits per heavy atom. The molecular weight excluding hydrogens is 303 g/mol. The number of hydrogen-bond donors (Lipinski definition) is 1. The van der Waals surface area contributed by atoms with Crippen LogP contribution in [0.15, 0.2) is 54.6 Å². The van der Waals surface area contributed by atoms with Crippen molar-refractivity contribution < 1.29 is 9.13 Å². The summed E-state index contributed by atoms with van der Waals surface area (Å²) in [6.07, 6.45) is 0. The topological polar surface area (TPSA) is 59.0 Å². The molecule has 2 N–H and O–H groups in total. The average molecular weight is 316 g/mol. The van der Waals surface area contributed by atoms with E-state index in [0.29, 0.717) is 22.6 Å². The van der Waals surface area contributed by atoms with Gasteiger partial charge in [-0.15, -0.1) is 0 Å². The zero-order valence-corrected chi connectivity index (χ0v) is 12.7. The summed E-state index contributed by atoms with van der Waals surface area (Å²) in [4.78, 5) is 0. The first kappa shape index (κ1) is 14.3. The summed E-state index contributed by atoms with van der Waals surface area (Å²) in [6.45, 7) is 0.267. The van der Waals surface area contributed by atoms with Crippen molar-refractivity contribution in [3.8, 4) is 34.1 Å². The van der Waals surface area contributed by atoms with Gasteiger partial charge in [0.15, 0.2) is 0 Å². The maximum Gasteiger partial charge on any atom is 0.127 e. The minimum atomic E-state index is -0.339. The van der Waals surface area contributed by atoms with Crippen molar-refractivity contribution in [3.63, 3.8) is 0 Å². The predicted octanol–water partition coefficient (Wildman–Crippen LogP) is 4.51. The fourth-order valence-electron chi connectivity index (χ4n) is 3.09. The van der Waals surface area contributed by atoms with E-state index in [1.807, 2.05) is 36.4 Å². The number of fused-ring (bicyclic) bond motifs is 3. The number of nitrogens with two attached hydrogens (primary N) is 1. The molecule has 3 nitrogen and oxygen atoms in total. The highest BCUT2D eigenvalue weighted by molar-refractivity contribution is 5.89. The van der Waals surface area contributed by atoms with Crippen LogP contribution in [0.3, 0.4) is 0 Å². The van der Waals surface area contributed by atoms with Gasteiger partial charge in [-0.25, -0.2) is 4.39 Å². The van der Waals surface area contributed by atoms with Crippen molar-refractivity contribution in [2.24, 2.45) is 0 Å². The molecule has 0 saturated carbocycles. The average Bonchev–Trinajstić information content (AvgIpc) is 2.62. The van der Waals surface area contributed by atoms with E-state index in [1.165, 1.54) is 12.1 Å². The Morgan fingerprint density at radius 2 is 1.79 bits per heavy atom. The lowest BCUT2D eigenvalue weighted by Crippen LogP contribution is -2.11. The van der Waals surface area contributed by atoms with E-state index < -0.39 is 0 Å². The van der Waals surface area contributed by atoms with E-state index in [2.05, 4.69) is 6.07 Å². The molecule has 0 aromatic heterocycles. The molecule has 1 aliphatic heterocycles. The van der Waals surface area contributed by atoms with Crippen LogP contribution in [-0.4, -0.2) is 0 Å². The molecule has 24 heavy (non-hydrogen) atoms. The summed E-state index contributed by atoms with van der Waals surface area (Å²) >= 11 is 0. The number of ether oxygens (including phenoxy) is 1. The van der Waals surface area contributed by atoms with Gasteiger partial charge in [0.2, 0.25) is 0 Å². The Bertz CT molecular complexity index is 991. The number of hydrogen-bond acceptors (Lipinski definition) is 3. The van der Waals surface area contributed by atoms with Crippen LogP contribution < -0.4 is 10.5 Å². The zero-order valence-electron chi connectivity index (χ0n) is 12.7. The summed E-state index contributed by atoms with van der Waals surface area (Å²) in [5.74, 6) is 0.279. The van der Waals surface area contributed by atoms with Crippen molar-refractivity contribution >= 4 is 5.69 Å². The van der Waals surface area contributed by atoms with Crippen LogP contribution in [0, 0.1) is 17.1 Å². The maximum absolute atomic E-state index is 13.7. The lowest BCUT2D eigenvalue weighted by Gasteiger charge is -2.24. The van der Waals surface area contributed by atoms with Gasteiger partial charge >= 0.3 is 0 Å². The smallest absolute Gasteiger partial charge is 0.127 e. The quantitative estimate of drug-likeness (QED) is 0.672. The first-order valence-corrected chi connectivity index (χ1v) is 7.52. The molecule has 116 valence electrons. The van der Waals surface area contributed by atoms with Crippen LogP contribution in [0.1, 0.15) is 11.1 Å². The molecule has 0 fully saturated rings. The number of halogens is 1. The number of nitrogens with zero attached hydrogens (tertiary/aromatic N) is 1. The van der Waals surface area contributed by atoms with Crippen LogP contribution in [0.4, 0.5) is 10.1 Å². The molecule has 4 rings (SSSR count). The molecule has 0 spiro atoms. The summed E-state index contributed by atoms with van der Waals surface area (Å²) in [5.41, 5.74) is 10.9. The largest absolute Gasteiger partial charge is 0.488 e. The minimum Gasteiger partial charge on any atom is -0.488 e. The number of benzene rings is 3. The highest BCUT2D eigenvalue weighted by atomic mass is 19.1. The third-order valence-electron chi connectivity index (χ3n) is 4.28. The molecule has 0 radical (unpaired) electrons. The molecule has 3 aromatic rings. The first-order valence-electron chi connectivity index (χ1n) is 7.52. The van der Waals surface area contributed by atoms with E-state index >= 15 is 0 Å². The van der Waals surface area contributed by atoms with Crippen LogP contribution in [-0.2, 0) is 6.61 Å². The molecular formula is C20H13FN2O. The van der Waals surface area contributed by atoms with E-state index in [9.17, 15) is 9.65 Å². The minimum absolute atomic E-state index is 0.267. The second kappa shape index (κ2) is 5.39. The third-order valence-corrected chi connectivity index (χ3v) is 4.28. The van der Waals surface area contributed by atoms with Gasteiger partial charge in [0.05, 0.1) is 11.3 Å². The van der Waals surface area contributed by atoms with E-state index in [-0.39, 0.29) is 12.4 Å². The predicted molar refractivity (Wildman–Crippen MR) is 90.7 cm³/mol. The number of rotatable bonds is 1. The van der Waals surface area contributed by atoms with Crippen molar-refractivity contribution in [3.05, 3.63) is 71.5 Å². The van der Waals surface area contributed by atoms with Gasteiger partial charge in [-0.05, 0) is 35.4 Å². The number of nitriles is 1. The van der Waals surface area contributed by atoms with Crippen molar-refractivity contribution in [1.82, 2.24) is 0 Å². The molecule has 1 heterocycles. The normalized spacial score (nSPS) is 11.8. The highest BCUT2D eigenvalue weighted by Gasteiger charge is 2.24. The molecule has 4 heteroatoms. The zero-order chi connectivity index (χ0) is 16.7. The molecule has 3 aromatic carbocycles. The molecule has 0 bridgehead atoms. The molecule has 0 saturated heterocycles. The molecule has 0 atom stereocenters.